The van der Waals surface area contributed by atoms with E-state index in [-0.39, 0.29) is 24.9 Å². The van der Waals surface area contributed by atoms with Crippen molar-refractivity contribution < 1.29 is 14.3 Å². The van der Waals surface area contributed by atoms with Gasteiger partial charge >= 0.3 is 6.03 Å². The maximum Gasteiger partial charge on any atom is 0.317 e. The molecule has 8 heteroatoms. The lowest BCUT2D eigenvalue weighted by Crippen LogP contribution is -2.39. The lowest BCUT2D eigenvalue weighted by molar-refractivity contribution is -0.121. The van der Waals surface area contributed by atoms with Crippen LogP contribution in [-0.2, 0) is 22.6 Å². The second kappa shape index (κ2) is 11.2. The van der Waals surface area contributed by atoms with Crippen molar-refractivity contribution in [2.24, 2.45) is 0 Å². The largest absolute Gasteiger partial charge is 0.378 e. The van der Waals surface area contributed by atoms with Gasteiger partial charge in [0.25, 0.3) is 0 Å². The first-order valence-corrected chi connectivity index (χ1v) is 10.2. The number of rotatable bonds is 8. The zero-order valence-electron chi connectivity index (χ0n) is 17.3. The number of nitrogens with zero attached hydrogens (tertiary/aromatic N) is 3. The van der Waals surface area contributed by atoms with Crippen LogP contribution in [0.15, 0.2) is 48.7 Å². The van der Waals surface area contributed by atoms with Crippen LogP contribution >= 0.6 is 0 Å². The topological polar surface area (TPSA) is 86.8 Å². The zero-order valence-corrected chi connectivity index (χ0v) is 17.3. The molecule has 160 valence electrons. The SMILES string of the molecule is CN(Cc1ccccc1)C(=O)NCCC(=O)NCc1cccnc1N1CCOCC1. The molecule has 1 aliphatic heterocycles. The highest BCUT2D eigenvalue weighted by Crippen LogP contribution is 2.18. The molecule has 0 atom stereocenters. The molecule has 2 N–H and O–H groups in total. The summed E-state index contributed by atoms with van der Waals surface area (Å²) in [7, 11) is 1.73. The molecule has 2 aromatic rings. The lowest BCUT2D eigenvalue weighted by Gasteiger charge is -2.29. The molecule has 0 spiro atoms. The van der Waals surface area contributed by atoms with Crippen LogP contribution in [0, 0.1) is 0 Å². The molecule has 1 aromatic heterocycles. The van der Waals surface area contributed by atoms with Crippen molar-refractivity contribution in [2.75, 3.05) is 44.8 Å². The van der Waals surface area contributed by atoms with Gasteiger partial charge in [0.15, 0.2) is 0 Å². The molecule has 1 aromatic carbocycles. The third-order valence-electron chi connectivity index (χ3n) is 4.89. The summed E-state index contributed by atoms with van der Waals surface area (Å²) in [4.78, 5) is 32.6. The molecule has 0 bridgehead atoms. The number of hydrogen-bond acceptors (Lipinski definition) is 5. The maximum atomic E-state index is 12.2. The van der Waals surface area contributed by atoms with Crippen LogP contribution < -0.4 is 15.5 Å². The number of amides is 3. The van der Waals surface area contributed by atoms with Crippen LogP contribution in [0.2, 0.25) is 0 Å². The Morgan fingerprint density at radius 2 is 1.87 bits per heavy atom. The molecule has 3 rings (SSSR count). The van der Waals surface area contributed by atoms with Gasteiger partial charge in [-0.25, -0.2) is 9.78 Å². The highest BCUT2D eigenvalue weighted by molar-refractivity contribution is 5.78. The van der Waals surface area contributed by atoms with Gasteiger partial charge < -0.3 is 25.2 Å². The minimum Gasteiger partial charge on any atom is -0.378 e. The van der Waals surface area contributed by atoms with Crippen molar-refractivity contribution in [2.45, 2.75) is 19.5 Å². The molecule has 1 fully saturated rings. The Kier molecular flexibility index (Phi) is 8.02. The smallest absolute Gasteiger partial charge is 0.317 e. The van der Waals surface area contributed by atoms with Gasteiger partial charge in [-0.05, 0) is 11.6 Å². The maximum absolute atomic E-state index is 12.2. The molecule has 0 aliphatic carbocycles. The molecular formula is C22H29N5O3. The number of ether oxygens (including phenoxy) is 1. The fourth-order valence-electron chi connectivity index (χ4n) is 3.26. The van der Waals surface area contributed by atoms with E-state index in [0.29, 0.717) is 26.3 Å². The van der Waals surface area contributed by atoms with Gasteiger partial charge in [0.2, 0.25) is 5.91 Å². The fraction of sp³-hybridized carbons (Fsp3) is 0.409. The van der Waals surface area contributed by atoms with E-state index >= 15 is 0 Å². The number of nitrogens with one attached hydrogen (secondary N) is 2. The summed E-state index contributed by atoms with van der Waals surface area (Å²) in [5.74, 6) is 0.773. The van der Waals surface area contributed by atoms with E-state index in [1.54, 1.807) is 18.1 Å². The molecule has 8 nitrogen and oxygen atoms in total. The Morgan fingerprint density at radius 1 is 1.10 bits per heavy atom. The van der Waals surface area contributed by atoms with E-state index in [4.69, 9.17) is 4.74 Å². The van der Waals surface area contributed by atoms with Crippen molar-refractivity contribution in [3.63, 3.8) is 0 Å². The highest BCUT2D eigenvalue weighted by Gasteiger charge is 2.16. The number of anilines is 1. The normalized spacial score (nSPS) is 13.6. The quantitative estimate of drug-likeness (QED) is 0.691. The standard InChI is InChI=1S/C22H29N5O3/c1-26(17-18-6-3-2-4-7-18)22(29)24-11-9-20(28)25-16-19-8-5-10-23-21(19)27-12-14-30-15-13-27/h2-8,10H,9,11-17H2,1H3,(H,24,29)(H,25,28). The highest BCUT2D eigenvalue weighted by atomic mass is 16.5. The second-order valence-electron chi connectivity index (χ2n) is 7.19. The van der Waals surface area contributed by atoms with E-state index < -0.39 is 0 Å². The minimum atomic E-state index is -0.200. The van der Waals surface area contributed by atoms with E-state index in [1.807, 2.05) is 42.5 Å². The number of carbonyl (C=O) groups excluding carboxylic acids is 2. The fourth-order valence-corrected chi connectivity index (χ4v) is 3.26. The van der Waals surface area contributed by atoms with E-state index in [9.17, 15) is 9.59 Å². The monoisotopic (exact) mass is 411 g/mol. The van der Waals surface area contributed by atoms with Gasteiger partial charge in [-0.15, -0.1) is 0 Å². The van der Waals surface area contributed by atoms with Crippen LogP contribution in [0.3, 0.4) is 0 Å². The van der Waals surface area contributed by atoms with Crippen molar-refractivity contribution in [1.29, 1.82) is 0 Å². The Balaban J connectivity index is 1.39. The van der Waals surface area contributed by atoms with Crippen molar-refractivity contribution >= 4 is 17.8 Å². The van der Waals surface area contributed by atoms with E-state index in [0.717, 1.165) is 30.0 Å². The summed E-state index contributed by atoms with van der Waals surface area (Å²) in [6.07, 6.45) is 1.98. The molecular weight excluding hydrogens is 382 g/mol. The molecule has 1 saturated heterocycles. The van der Waals surface area contributed by atoms with Crippen LogP contribution in [0.4, 0.5) is 10.6 Å². The average Bonchev–Trinajstić information content (AvgIpc) is 2.79. The van der Waals surface area contributed by atoms with Gasteiger partial charge in [-0.1, -0.05) is 36.4 Å². The number of urea groups is 1. The Bertz CT molecular complexity index is 825. The van der Waals surface area contributed by atoms with Crippen LogP contribution in [0.1, 0.15) is 17.5 Å². The molecule has 0 saturated carbocycles. The molecule has 3 amide bonds. The Morgan fingerprint density at radius 3 is 2.63 bits per heavy atom. The summed E-state index contributed by atoms with van der Waals surface area (Å²) in [6.45, 7) is 4.15. The van der Waals surface area contributed by atoms with Gasteiger partial charge in [0.1, 0.15) is 5.82 Å². The third-order valence-corrected chi connectivity index (χ3v) is 4.89. The van der Waals surface area contributed by atoms with E-state index in [2.05, 4.69) is 20.5 Å². The van der Waals surface area contributed by atoms with Gasteiger partial charge in [-0.2, -0.15) is 0 Å². The Labute approximate surface area is 177 Å². The first-order valence-electron chi connectivity index (χ1n) is 10.2. The van der Waals surface area contributed by atoms with Crippen LogP contribution in [-0.4, -0.2) is 61.7 Å². The molecule has 2 heterocycles. The van der Waals surface area contributed by atoms with Gasteiger partial charge in [0.05, 0.1) is 13.2 Å². The van der Waals surface area contributed by atoms with Crippen LogP contribution in [0.5, 0.6) is 0 Å². The zero-order chi connectivity index (χ0) is 21.2. The number of pyridine rings is 1. The third kappa shape index (κ3) is 6.45. The molecule has 1 aliphatic rings. The van der Waals surface area contributed by atoms with Gasteiger partial charge in [-0.3, -0.25) is 4.79 Å². The summed E-state index contributed by atoms with van der Waals surface area (Å²) in [5.41, 5.74) is 2.03. The van der Waals surface area contributed by atoms with Crippen molar-refractivity contribution in [3.05, 3.63) is 59.8 Å². The average molecular weight is 412 g/mol. The predicted molar refractivity (Wildman–Crippen MR) is 115 cm³/mol. The number of morpholine rings is 1. The van der Waals surface area contributed by atoms with Crippen molar-refractivity contribution in [1.82, 2.24) is 20.5 Å². The number of aromatic nitrogens is 1. The molecule has 0 unspecified atom stereocenters. The van der Waals surface area contributed by atoms with Crippen molar-refractivity contribution in [3.8, 4) is 0 Å². The lowest BCUT2D eigenvalue weighted by atomic mass is 10.2. The van der Waals surface area contributed by atoms with E-state index in [1.165, 1.54) is 0 Å². The predicted octanol–water partition coefficient (Wildman–Crippen LogP) is 1.77. The van der Waals surface area contributed by atoms with Crippen LogP contribution in [0.25, 0.3) is 0 Å². The number of carbonyl (C=O) groups is 2. The summed E-state index contributed by atoms with van der Waals surface area (Å²) < 4.78 is 5.40. The minimum absolute atomic E-state index is 0.113. The number of benzene rings is 1. The first kappa shape index (κ1) is 21.6. The number of hydrogen-bond donors (Lipinski definition) is 2. The molecule has 30 heavy (non-hydrogen) atoms. The summed E-state index contributed by atoms with van der Waals surface area (Å²) in [6, 6.07) is 13.4. The second-order valence-corrected chi connectivity index (χ2v) is 7.19. The first-order chi connectivity index (χ1) is 14.6. The summed E-state index contributed by atoms with van der Waals surface area (Å²) >= 11 is 0. The Hall–Kier alpha value is -3.13. The summed E-state index contributed by atoms with van der Waals surface area (Å²) in [5, 5.41) is 5.71. The molecule has 0 radical (unpaired) electrons. The van der Waals surface area contributed by atoms with Gasteiger partial charge in [0, 0.05) is 58.0 Å².